The monoisotopic (exact) mass is 753 g/mol. The van der Waals surface area contributed by atoms with Gasteiger partial charge < -0.3 is 19.7 Å². The summed E-state index contributed by atoms with van der Waals surface area (Å²) in [5.41, 5.74) is 0.941. The highest BCUT2D eigenvalue weighted by molar-refractivity contribution is 5.88. The van der Waals surface area contributed by atoms with Crippen LogP contribution in [0.5, 0.6) is 0 Å². The molecule has 1 amide bonds. The minimum Gasteiger partial charge on any atom is -0.465 e. The third kappa shape index (κ3) is 17.6. The molecule has 0 radical (unpaired) electrons. The molecule has 0 spiro atoms. The number of benzene rings is 1. The molecule has 2 fully saturated rings. The van der Waals surface area contributed by atoms with Crippen LogP contribution in [-0.2, 0) is 23.9 Å². The number of hydrogen-bond donors (Lipinski definition) is 1. The third-order valence-electron chi connectivity index (χ3n) is 12.1. The van der Waals surface area contributed by atoms with E-state index in [1.807, 2.05) is 42.2 Å². The zero-order valence-corrected chi connectivity index (χ0v) is 35.0. The van der Waals surface area contributed by atoms with E-state index in [-0.39, 0.29) is 23.9 Å². The second-order valence-corrected chi connectivity index (χ2v) is 16.6. The van der Waals surface area contributed by atoms with Crippen LogP contribution < -0.4 is 5.32 Å². The van der Waals surface area contributed by atoms with Gasteiger partial charge in [-0.05, 0) is 63.5 Å². The van der Waals surface area contributed by atoms with E-state index in [2.05, 4.69) is 19.2 Å². The average Bonchev–Trinajstić information content (AvgIpc) is 3.79. The first kappa shape index (κ1) is 46.0. The number of esters is 2. The summed E-state index contributed by atoms with van der Waals surface area (Å²) in [6.07, 6.45) is 32.2. The Bertz CT molecular complexity index is 1130. The van der Waals surface area contributed by atoms with Crippen molar-refractivity contribution in [3.63, 3.8) is 0 Å². The van der Waals surface area contributed by atoms with Gasteiger partial charge in [-0.25, -0.2) is 4.79 Å². The highest BCUT2D eigenvalue weighted by Crippen LogP contribution is 2.42. The summed E-state index contributed by atoms with van der Waals surface area (Å²) in [6, 6.07) is 9.02. The van der Waals surface area contributed by atoms with Gasteiger partial charge in [-0.15, -0.1) is 0 Å². The van der Waals surface area contributed by atoms with E-state index in [9.17, 15) is 14.4 Å². The normalized spacial score (nSPS) is 19.1. The van der Waals surface area contributed by atoms with Gasteiger partial charge in [0.1, 0.15) is 6.04 Å². The molecular formula is C47H80N2O5. The van der Waals surface area contributed by atoms with E-state index >= 15 is 0 Å². The summed E-state index contributed by atoms with van der Waals surface area (Å²) >= 11 is 0. The maximum absolute atomic E-state index is 13.9. The Morgan fingerprint density at radius 1 is 0.685 bits per heavy atom. The van der Waals surface area contributed by atoms with Crippen molar-refractivity contribution in [2.24, 2.45) is 5.92 Å². The number of ether oxygens (including phenoxy) is 2. The van der Waals surface area contributed by atoms with Crippen LogP contribution in [0.3, 0.4) is 0 Å². The number of fused-ring (bicyclic) bond motifs is 1. The number of hydrogen-bond acceptors (Lipinski definition) is 6. The Hall–Kier alpha value is -2.41. The number of carbonyl (C=O) groups excluding carboxylic acids is 3. The summed E-state index contributed by atoms with van der Waals surface area (Å²) in [4.78, 5) is 42.4. The molecule has 0 aromatic heterocycles. The highest BCUT2D eigenvalue weighted by Gasteiger charge is 2.50. The Morgan fingerprint density at radius 2 is 1.19 bits per heavy atom. The maximum atomic E-state index is 13.9. The summed E-state index contributed by atoms with van der Waals surface area (Å²) in [6.45, 7) is 7.76. The number of nitrogens with zero attached hydrogens (tertiary/aromatic N) is 1. The largest absolute Gasteiger partial charge is 0.465 e. The van der Waals surface area contributed by atoms with E-state index in [0.717, 1.165) is 50.5 Å². The first-order valence-corrected chi connectivity index (χ1v) is 22.9. The van der Waals surface area contributed by atoms with Crippen LogP contribution in [0, 0.1) is 5.92 Å². The number of rotatable bonds is 32. The first-order chi connectivity index (χ1) is 26.5. The van der Waals surface area contributed by atoms with Crippen LogP contribution in [0.1, 0.15) is 206 Å². The van der Waals surface area contributed by atoms with Crippen molar-refractivity contribution in [3.05, 3.63) is 35.9 Å². The smallest absolute Gasteiger partial charge is 0.328 e. The van der Waals surface area contributed by atoms with Gasteiger partial charge in [0, 0.05) is 6.04 Å². The molecule has 1 saturated heterocycles. The zero-order chi connectivity index (χ0) is 38.6. The van der Waals surface area contributed by atoms with Crippen molar-refractivity contribution < 1.29 is 23.9 Å². The zero-order valence-electron chi connectivity index (χ0n) is 35.0. The Kier molecular flexibility index (Phi) is 24.6. The Balaban J connectivity index is 1.34. The predicted molar refractivity (Wildman–Crippen MR) is 222 cm³/mol. The summed E-state index contributed by atoms with van der Waals surface area (Å²) < 4.78 is 11.6. The molecule has 1 saturated carbocycles. The second-order valence-electron chi connectivity index (χ2n) is 16.6. The summed E-state index contributed by atoms with van der Waals surface area (Å²) in [5.74, 6) is -0.482. The molecule has 1 aliphatic heterocycles. The minimum absolute atomic E-state index is 0.0340. The Morgan fingerprint density at radius 3 is 1.72 bits per heavy atom. The van der Waals surface area contributed by atoms with Gasteiger partial charge in [-0.2, -0.15) is 0 Å². The molecule has 2 aliphatic rings. The molecule has 1 N–H and O–H groups in total. The number of amides is 1. The van der Waals surface area contributed by atoms with Crippen molar-refractivity contribution in [3.8, 4) is 0 Å². The number of likely N-dealkylation sites (tertiary alicyclic amines) is 1. The van der Waals surface area contributed by atoms with Crippen LogP contribution in [0.2, 0.25) is 0 Å². The average molecular weight is 753 g/mol. The molecule has 1 aromatic carbocycles. The van der Waals surface area contributed by atoms with E-state index in [1.54, 1.807) is 0 Å². The number of carbonyl (C=O) groups is 3. The van der Waals surface area contributed by atoms with Crippen LogP contribution >= 0.6 is 0 Å². The quantitative estimate of drug-likeness (QED) is 0.0583. The molecule has 54 heavy (non-hydrogen) atoms. The van der Waals surface area contributed by atoms with Crippen molar-refractivity contribution >= 4 is 17.8 Å². The topological polar surface area (TPSA) is 84.9 Å². The minimum atomic E-state index is -0.492. The van der Waals surface area contributed by atoms with Crippen molar-refractivity contribution in [1.29, 1.82) is 0 Å². The number of unbranched alkanes of at least 4 members (excludes halogenated alkanes) is 20. The van der Waals surface area contributed by atoms with Gasteiger partial charge in [0.05, 0.1) is 25.2 Å². The van der Waals surface area contributed by atoms with E-state index in [4.69, 9.17) is 9.47 Å². The number of nitrogens with one attached hydrogen (secondary N) is 1. The summed E-state index contributed by atoms with van der Waals surface area (Å²) in [5, 5.41) is 3.41. The van der Waals surface area contributed by atoms with Gasteiger partial charge in [0.25, 0.3) is 0 Å². The van der Waals surface area contributed by atoms with Crippen molar-refractivity contribution in [2.45, 2.75) is 218 Å². The van der Waals surface area contributed by atoms with Gasteiger partial charge in [-0.1, -0.05) is 179 Å². The third-order valence-corrected chi connectivity index (χ3v) is 12.1. The highest BCUT2D eigenvalue weighted by atomic mass is 16.5. The van der Waals surface area contributed by atoms with Crippen molar-refractivity contribution in [2.75, 3.05) is 19.8 Å². The lowest BCUT2D eigenvalue weighted by Crippen LogP contribution is -2.52. The fourth-order valence-corrected chi connectivity index (χ4v) is 8.75. The molecule has 5 atom stereocenters. The molecule has 1 aromatic rings. The lowest BCUT2D eigenvalue weighted by Gasteiger charge is -2.31. The summed E-state index contributed by atoms with van der Waals surface area (Å²) in [7, 11) is 0. The van der Waals surface area contributed by atoms with Gasteiger partial charge in [0.15, 0.2) is 0 Å². The molecule has 1 heterocycles. The van der Waals surface area contributed by atoms with Crippen LogP contribution in [-0.4, -0.2) is 60.6 Å². The molecule has 1 unspecified atom stereocenters. The van der Waals surface area contributed by atoms with Gasteiger partial charge in [-0.3, -0.25) is 9.59 Å². The van der Waals surface area contributed by atoms with E-state index in [0.29, 0.717) is 38.5 Å². The molecule has 1 aliphatic carbocycles. The van der Waals surface area contributed by atoms with E-state index < -0.39 is 18.0 Å². The second kappa shape index (κ2) is 28.9. The molecule has 0 bridgehead atoms. The molecular weight excluding hydrogens is 673 g/mol. The van der Waals surface area contributed by atoms with Gasteiger partial charge >= 0.3 is 11.9 Å². The lowest BCUT2D eigenvalue weighted by molar-refractivity contribution is -0.155. The maximum Gasteiger partial charge on any atom is 0.328 e. The van der Waals surface area contributed by atoms with Crippen LogP contribution in [0.25, 0.3) is 0 Å². The molecule has 308 valence electrons. The molecule has 7 nitrogen and oxygen atoms in total. The molecule has 7 heteroatoms. The van der Waals surface area contributed by atoms with Gasteiger partial charge in [0.2, 0.25) is 5.91 Å². The fourth-order valence-electron chi connectivity index (χ4n) is 8.75. The first-order valence-electron chi connectivity index (χ1n) is 22.9. The van der Waals surface area contributed by atoms with Crippen LogP contribution in [0.4, 0.5) is 0 Å². The lowest BCUT2D eigenvalue weighted by atomic mass is 9.95. The van der Waals surface area contributed by atoms with E-state index in [1.165, 1.54) is 116 Å². The van der Waals surface area contributed by atoms with Crippen LogP contribution in [0.15, 0.2) is 30.3 Å². The molecule has 3 rings (SSSR count). The standard InChI is InChI=1S/C47H80N2O5/c1-4-6-8-10-12-13-14-15-16-17-18-19-20-21-23-27-36-53-46(51)42(40-30-25-24-26-31-40)34-35-48-39(3)45(50)49-43-33-29-32-41(43)38-44(49)47(52)54-37-28-22-11-9-7-5-2/h24-26,30-31,39,41-44,48H,4-23,27-29,32-38H2,1-3H3/t39-,41-,42?,43-,44-/m0/s1. The Labute approximate surface area is 330 Å². The SMILES string of the molecule is CCCCCCCCCCCCCCCCCCOC(=O)C(CCN[C@@H](C)C(=O)N1[C@H](C(=O)OCCCCCCCC)C[C@@H]2CCC[C@@H]21)c1ccccc1. The van der Waals surface area contributed by atoms with Crippen molar-refractivity contribution in [1.82, 2.24) is 10.2 Å². The fraction of sp³-hybridized carbons (Fsp3) is 0.809. The predicted octanol–water partition coefficient (Wildman–Crippen LogP) is 11.6.